The topological polar surface area (TPSA) is 9.23 Å². The molecule has 0 bridgehead atoms. The van der Waals surface area contributed by atoms with Crippen LogP contribution in [0.15, 0.2) is 47.6 Å². The molecule has 0 saturated heterocycles. The van der Waals surface area contributed by atoms with E-state index in [9.17, 15) is 0 Å². The summed E-state index contributed by atoms with van der Waals surface area (Å²) in [6, 6.07) is 8.52. The summed E-state index contributed by atoms with van der Waals surface area (Å²) in [5.41, 5.74) is 6.02. The Bertz CT molecular complexity index is 479. The largest absolute Gasteiger partial charge is 0.497 e. The van der Waals surface area contributed by atoms with Crippen molar-refractivity contribution < 1.29 is 4.74 Å². The van der Waals surface area contributed by atoms with E-state index in [0.29, 0.717) is 5.92 Å². The summed E-state index contributed by atoms with van der Waals surface area (Å²) in [5, 5.41) is 0. The summed E-state index contributed by atoms with van der Waals surface area (Å²) in [4.78, 5) is 0. The lowest BCUT2D eigenvalue weighted by Gasteiger charge is -2.14. The second-order valence-corrected chi connectivity index (χ2v) is 4.99. The number of hydrogen-bond acceptors (Lipinski definition) is 1. The molecule has 1 atom stereocenters. The Labute approximate surface area is 103 Å². The molecule has 1 unspecified atom stereocenters. The van der Waals surface area contributed by atoms with E-state index in [0.717, 1.165) is 12.2 Å². The average Bonchev–Trinajstić information content (AvgIpc) is 2.94. The van der Waals surface area contributed by atoms with Gasteiger partial charge in [-0.15, -0.1) is 0 Å². The van der Waals surface area contributed by atoms with Crippen LogP contribution in [0, 0.1) is 0 Å². The van der Waals surface area contributed by atoms with Gasteiger partial charge in [-0.2, -0.15) is 0 Å². The lowest BCUT2D eigenvalue weighted by Crippen LogP contribution is -1.97. The zero-order valence-electron chi connectivity index (χ0n) is 10.3. The van der Waals surface area contributed by atoms with Crippen LogP contribution in [0.4, 0.5) is 0 Å². The Morgan fingerprint density at radius 3 is 2.65 bits per heavy atom. The van der Waals surface area contributed by atoms with Crippen LogP contribution in [0.5, 0.6) is 5.75 Å². The number of benzene rings is 1. The molecular formula is C16H18O. The predicted molar refractivity (Wildman–Crippen MR) is 70.4 cm³/mol. The van der Waals surface area contributed by atoms with Crippen LogP contribution < -0.4 is 4.74 Å². The first kappa shape index (κ1) is 10.6. The first-order chi connectivity index (χ1) is 8.29. The predicted octanol–water partition coefficient (Wildman–Crippen LogP) is 4.22. The third kappa shape index (κ3) is 1.70. The molecule has 2 aliphatic rings. The first-order valence-electron chi connectivity index (χ1n) is 6.33. The second-order valence-electron chi connectivity index (χ2n) is 4.99. The first-order valence-corrected chi connectivity index (χ1v) is 6.33. The van der Waals surface area contributed by atoms with E-state index >= 15 is 0 Å². The van der Waals surface area contributed by atoms with Crippen molar-refractivity contribution in [2.75, 3.05) is 7.11 Å². The molecule has 88 valence electrons. The van der Waals surface area contributed by atoms with E-state index in [1.165, 1.54) is 30.4 Å². The van der Waals surface area contributed by atoms with Crippen molar-refractivity contribution in [1.29, 1.82) is 0 Å². The fraction of sp³-hybridized carbons (Fsp3) is 0.375. The monoisotopic (exact) mass is 226 g/mol. The molecule has 0 aliphatic heterocycles. The minimum absolute atomic E-state index is 0.589. The Kier molecular flexibility index (Phi) is 2.54. The third-order valence-corrected chi connectivity index (χ3v) is 4.08. The van der Waals surface area contributed by atoms with E-state index in [4.69, 9.17) is 4.74 Å². The van der Waals surface area contributed by atoms with Crippen molar-refractivity contribution in [2.24, 2.45) is 0 Å². The van der Waals surface area contributed by atoms with Crippen LogP contribution in [-0.4, -0.2) is 7.11 Å². The van der Waals surface area contributed by atoms with Gasteiger partial charge < -0.3 is 4.74 Å². The molecule has 1 nitrogen and oxygen atoms in total. The van der Waals surface area contributed by atoms with Gasteiger partial charge in [-0.1, -0.05) is 29.9 Å². The van der Waals surface area contributed by atoms with Crippen molar-refractivity contribution >= 4 is 0 Å². The number of rotatable bonds is 2. The van der Waals surface area contributed by atoms with Crippen LogP contribution in [0.1, 0.15) is 37.2 Å². The highest BCUT2D eigenvalue weighted by Gasteiger charge is 2.31. The van der Waals surface area contributed by atoms with Gasteiger partial charge in [0.1, 0.15) is 5.75 Å². The molecule has 0 heterocycles. The summed E-state index contributed by atoms with van der Waals surface area (Å²) in [5.74, 6) is 1.53. The fourth-order valence-corrected chi connectivity index (χ4v) is 3.20. The van der Waals surface area contributed by atoms with Gasteiger partial charge in [-0.3, -0.25) is 0 Å². The van der Waals surface area contributed by atoms with Gasteiger partial charge in [0.15, 0.2) is 0 Å². The molecule has 0 amide bonds. The molecule has 0 radical (unpaired) electrons. The van der Waals surface area contributed by atoms with Gasteiger partial charge in [0.2, 0.25) is 0 Å². The number of allylic oxidation sites excluding steroid dienone is 3. The Balaban J connectivity index is 1.92. The van der Waals surface area contributed by atoms with Crippen LogP contribution in [-0.2, 0) is 0 Å². The Hall–Kier alpha value is -1.50. The molecule has 0 aromatic heterocycles. The van der Waals surface area contributed by atoms with Crippen LogP contribution >= 0.6 is 0 Å². The highest BCUT2D eigenvalue weighted by atomic mass is 16.5. The summed E-state index contributed by atoms with van der Waals surface area (Å²) >= 11 is 0. The quantitative estimate of drug-likeness (QED) is 0.733. The summed E-state index contributed by atoms with van der Waals surface area (Å²) in [6.45, 7) is 4.22. The van der Waals surface area contributed by atoms with E-state index in [1.54, 1.807) is 18.3 Å². The molecule has 0 fully saturated rings. The normalized spacial score (nSPS) is 23.1. The van der Waals surface area contributed by atoms with Crippen LogP contribution in [0.3, 0.4) is 0 Å². The minimum atomic E-state index is 0.589. The molecular weight excluding hydrogens is 208 g/mol. The molecule has 0 spiro atoms. The van der Waals surface area contributed by atoms with Crippen molar-refractivity contribution in [3.63, 3.8) is 0 Å². The van der Waals surface area contributed by atoms with Crippen molar-refractivity contribution in [2.45, 2.75) is 31.6 Å². The molecule has 1 heteroatoms. The summed E-state index contributed by atoms with van der Waals surface area (Å²) in [7, 11) is 1.71. The Morgan fingerprint density at radius 2 is 1.94 bits per heavy atom. The van der Waals surface area contributed by atoms with E-state index < -0.39 is 0 Å². The van der Waals surface area contributed by atoms with Gasteiger partial charge in [0, 0.05) is 5.92 Å². The summed E-state index contributed by atoms with van der Waals surface area (Å²) < 4.78 is 5.21. The third-order valence-electron chi connectivity index (χ3n) is 4.08. The SMILES string of the molecule is C=C1CC(c2ccc(OC)cc2)C2=C1CCC2. The van der Waals surface area contributed by atoms with Gasteiger partial charge in [-0.25, -0.2) is 0 Å². The lowest BCUT2D eigenvalue weighted by molar-refractivity contribution is 0.414. The molecule has 3 rings (SSSR count). The minimum Gasteiger partial charge on any atom is -0.497 e. The number of methoxy groups -OCH3 is 1. The Morgan fingerprint density at radius 1 is 1.18 bits per heavy atom. The molecule has 0 saturated carbocycles. The van der Waals surface area contributed by atoms with E-state index in [2.05, 4.69) is 30.8 Å². The highest BCUT2D eigenvalue weighted by molar-refractivity contribution is 5.50. The zero-order chi connectivity index (χ0) is 11.8. The maximum Gasteiger partial charge on any atom is 0.118 e. The molecule has 1 aromatic rings. The van der Waals surface area contributed by atoms with Crippen molar-refractivity contribution in [1.82, 2.24) is 0 Å². The lowest BCUT2D eigenvalue weighted by atomic mass is 9.91. The van der Waals surface area contributed by atoms with Gasteiger partial charge >= 0.3 is 0 Å². The molecule has 2 aliphatic carbocycles. The highest BCUT2D eigenvalue weighted by Crippen LogP contribution is 2.49. The molecule has 1 aromatic carbocycles. The van der Waals surface area contributed by atoms with E-state index in [-0.39, 0.29) is 0 Å². The molecule has 17 heavy (non-hydrogen) atoms. The maximum atomic E-state index is 5.21. The zero-order valence-corrected chi connectivity index (χ0v) is 10.3. The van der Waals surface area contributed by atoms with Crippen LogP contribution in [0.25, 0.3) is 0 Å². The van der Waals surface area contributed by atoms with Gasteiger partial charge in [0.25, 0.3) is 0 Å². The van der Waals surface area contributed by atoms with Gasteiger partial charge in [0.05, 0.1) is 7.11 Å². The number of hydrogen-bond donors (Lipinski definition) is 0. The smallest absolute Gasteiger partial charge is 0.118 e. The summed E-state index contributed by atoms with van der Waals surface area (Å²) in [6.07, 6.45) is 4.96. The second kappa shape index (κ2) is 4.06. The molecule has 0 N–H and O–H groups in total. The van der Waals surface area contributed by atoms with Crippen molar-refractivity contribution in [3.05, 3.63) is 53.1 Å². The average molecular weight is 226 g/mol. The maximum absolute atomic E-state index is 5.21. The van der Waals surface area contributed by atoms with Gasteiger partial charge in [-0.05, 0) is 49.0 Å². The number of ether oxygens (including phenoxy) is 1. The van der Waals surface area contributed by atoms with Crippen LogP contribution in [0.2, 0.25) is 0 Å². The standard InChI is InChI=1S/C16H18O/c1-11-10-16(15-5-3-4-14(11)15)12-6-8-13(17-2)9-7-12/h6-9,16H,1,3-5,10H2,2H3. The fourth-order valence-electron chi connectivity index (χ4n) is 3.20. The van der Waals surface area contributed by atoms with E-state index in [1.807, 2.05) is 0 Å². The van der Waals surface area contributed by atoms with Crippen molar-refractivity contribution in [3.8, 4) is 5.75 Å².